The highest BCUT2D eigenvalue weighted by Gasteiger charge is 2.11. The van der Waals surface area contributed by atoms with Crippen LogP contribution in [0.2, 0.25) is 0 Å². The summed E-state index contributed by atoms with van der Waals surface area (Å²) < 4.78 is 11.9. The summed E-state index contributed by atoms with van der Waals surface area (Å²) in [6.45, 7) is 0.499. The maximum absolute atomic E-state index is 11.8. The lowest BCUT2D eigenvalue weighted by atomic mass is 10.1. The molecule has 0 fully saturated rings. The van der Waals surface area contributed by atoms with Gasteiger partial charge in [0.1, 0.15) is 11.6 Å². The molecule has 0 unspecified atom stereocenters. The van der Waals surface area contributed by atoms with Crippen LogP contribution in [0, 0.1) is 0 Å². The number of carbonyl (C=O) groups is 1. The molecule has 1 N–H and O–H groups in total. The molecule has 4 rings (SSSR count). The van der Waals surface area contributed by atoms with Gasteiger partial charge in [0.2, 0.25) is 0 Å². The van der Waals surface area contributed by atoms with Crippen LogP contribution in [0.3, 0.4) is 0 Å². The first-order valence-electron chi connectivity index (χ1n) is 8.59. The Morgan fingerprint density at radius 3 is 2.89 bits per heavy atom. The Morgan fingerprint density at radius 1 is 1.25 bits per heavy atom. The predicted molar refractivity (Wildman–Crippen MR) is 106 cm³/mol. The van der Waals surface area contributed by atoms with E-state index in [2.05, 4.69) is 10.3 Å². The molecule has 8 heteroatoms. The number of nitrogens with one attached hydrogen (secondary N) is 1. The maximum Gasteiger partial charge on any atom is 0.419 e. The van der Waals surface area contributed by atoms with Gasteiger partial charge in [-0.25, -0.2) is 14.6 Å². The zero-order valence-electron chi connectivity index (χ0n) is 15.0. The van der Waals surface area contributed by atoms with E-state index in [1.807, 2.05) is 47.8 Å². The third-order valence-electron chi connectivity index (χ3n) is 4.24. The third kappa shape index (κ3) is 3.81. The molecule has 0 aliphatic heterocycles. The zero-order chi connectivity index (χ0) is 19.5. The normalized spacial score (nSPS) is 10.9. The van der Waals surface area contributed by atoms with E-state index in [1.165, 1.54) is 15.9 Å². The molecule has 1 amide bonds. The number of amides is 1. The van der Waals surface area contributed by atoms with Crippen molar-refractivity contribution in [1.82, 2.24) is 14.9 Å². The average molecular weight is 395 g/mol. The van der Waals surface area contributed by atoms with Gasteiger partial charge in [-0.15, -0.1) is 11.3 Å². The number of rotatable bonds is 5. The van der Waals surface area contributed by atoms with Gasteiger partial charge in [-0.05, 0) is 17.7 Å². The van der Waals surface area contributed by atoms with Gasteiger partial charge in [-0.1, -0.05) is 36.4 Å². The molecular formula is C20H17N3O4S. The minimum Gasteiger partial charge on any atom is -0.445 e. The van der Waals surface area contributed by atoms with Gasteiger partial charge in [0.25, 0.3) is 0 Å². The van der Waals surface area contributed by atoms with Gasteiger partial charge in [0, 0.05) is 18.0 Å². The second-order valence-electron chi connectivity index (χ2n) is 6.15. The van der Waals surface area contributed by atoms with Crippen molar-refractivity contribution >= 4 is 28.5 Å². The molecule has 0 saturated heterocycles. The van der Waals surface area contributed by atoms with Gasteiger partial charge in [-0.3, -0.25) is 4.57 Å². The molecule has 2 heterocycles. The van der Waals surface area contributed by atoms with Crippen LogP contribution in [-0.2, 0) is 24.9 Å². The van der Waals surface area contributed by atoms with Crippen molar-refractivity contribution in [2.24, 2.45) is 7.05 Å². The van der Waals surface area contributed by atoms with Crippen molar-refractivity contribution in [3.05, 3.63) is 75.0 Å². The Kier molecular flexibility index (Phi) is 4.94. The van der Waals surface area contributed by atoms with Crippen LogP contribution < -0.4 is 11.1 Å². The standard InChI is InChI=1S/C20H17N3O4S/c1-23-16-8-7-14(9-17(16)27-20(23)25)15-12-28-18(22-15)10-21-19(24)26-11-13-5-3-2-4-6-13/h2-9,12H,10-11H2,1H3,(H,21,24). The highest BCUT2D eigenvalue weighted by molar-refractivity contribution is 7.09. The van der Waals surface area contributed by atoms with E-state index in [4.69, 9.17) is 9.15 Å². The van der Waals surface area contributed by atoms with E-state index in [9.17, 15) is 9.59 Å². The summed E-state index contributed by atoms with van der Waals surface area (Å²) in [4.78, 5) is 28.0. The van der Waals surface area contributed by atoms with Crippen molar-refractivity contribution < 1.29 is 13.9 Å². The first kappa shape index (κ1) is 18.0. The summed E-state index contributed by atoms with van der Waals surface area (Å²) in [6.07, 6.45) is -0.493. The lowest BCUT2D eigenvalue weighted by molar-refractivity contribution is 0.139. The fourth-order valence-electron chi connectivity index (χ4n) is 2.74. The summed E-state index contributed by atoms with van der Waals surface area (Å²) in [5.41, 5.74) is 3.77. The van der Waals surface area contributed by atoms with Crippen molar-refractivity contribution in [1.29, 1.82) is 0 Å². The largest absolute Gasteiger partial charge is 0.445 e. The number of carbonyl (C=O) groups excluding carboxylic acids is 1. The highest BCUT2D eigenvalue weighted by Crippen LogP contribution is 2.25. The number of hydrogen-bond acceptors (Lipinski definition) is 6. The number of hydrogen-bond donors (Lipinski definition) is 1. The third-order valence-corrected chi connectivity index (χ3v) is 5.09. The lowest BCUT2D eigenvalue weighted by Crippen LogP contribution is -2.23. The molecule has 0 aliphatic carbocycles. The number of ether oxygens (including phenoxy) is 1. The monoisotopic (exact) mass is 395 g/mol. The number of oxazole rings is 1. The number of benzene rings is 2. The number of thiazole rings is 1. The molecule has 7 nitrogen and oxygen atoms in total. The number of aryl methyl sites for hydroxylation is 1. The van der Waals surface area contributed by atoms with E-state index >= 15 is 0 Å². The molecule has 28 heavy (non-hydrogen) atoms. The Morgan fingerprint density at radius 2 is 2.07 bits per heavy atom. The fraction of sp³-hybridized carbons (Fsp3) is 0.150. The predicted octanol–water partition coefficient (Wildman–Crippen LogP) is 3.68. The molecule has 0 atom stereocenters. The minimum absolute atomic E-state index is 0.220. The van der Waals surface area contributed by atoms with Gasteiger partial charge in [0.15, 0.2) is 5.58 Å². The second kappa shape index (κ2) is 7.69. The Balaban J connectivity index is 1.38. The lowest BCUT2D eigenvalue weighted by Gasteiger charge is -2.05. The van der Waals surface area contributed by atoms with Crippen LogP contribution in [0.5, 0.6) is 0 Å². The SMILES string of the molecule is Cn1c(=O)oc2cc(-c3csc(CNC(=O)OCc4ccccc4)n3)ccc21. The van der Waals surface area contributed by atoms with E-state index in [0.29, 0.717) is 5.58 Å². The van der Waals surface area contributed by atoms with E-state index in [0.717, 1.165) is 27.3 Å². The molecule has 0 saturated carbocycles. The van der Waals surface area contributed by atoms with Gasteiger partial charge in [-0.2, -0.15) is 0 Å². The molecule has 0 spiro atoms. The Bertz CT molecular complexity index is 1180. The smallest absolute Gasteiger partial charge is 0.419 e. The summed E-state index contributed by atoms with van der Waals surface area (Å²) >= 11 is 1.44. The van der Waals surface area contributed by atoms with Crippen LogP contribution >= 0.6 is 11.3 Å². The molecule has 0 bridgehead atoms. The van der Waals surface area contributed by atoms with Crippen LogP contribution in [0.4, 0.5) is 4.79 Å². The Hall–Kier alpha value is -3.39. The summed E-state index contributed by atoms with van der Waals surface area (Å²) in [7, 11) is 1.66. The summed E-state index contributed by atoms with van der Waals surface area (Å²) in [5.74, 6) is -0.399. The van der Waals surface area contributed by atoms with Crippen molar-refractivity contribution in [2.45, 2.75) is 13.2 Å². The first-order chi connectivity index (χ1) is 13.6. The van der Waals surface area contributed by atoms with Crippen LogP contribution in [0.1, 0.15) is 10.6 Å². The average Bonchev–Trinajstić information content (AvgIpc) is 3.30. The number of aromatic nitrogens is 2. The number of alkyl carbamates (subject to hydrolysis) is 1. The van der Waals surface area contributed by atoms with Crippen LogP contribution in [0.25, 0.3) is 22.4 Å². The van der Waals surface area contributed by atoms with Crippen molar-refractivity contribution in [3.8, 4) is 11.3 Å². The first-order valence-corrected chi connectivity index (χ1v) is 9.47. The van der Waals surface area contributed by atoms with E-state index in [1.54, 1.807) is 13.1 Å². The van der Waals surface area contributed by atoms with E-state index < -0.39 is 11.8 Å². The Labute approximate surface area is 164 Å². The van der Waals surface area contributed by atoms with Crippen LogP contribution in [0.15, 0.2) is 63.1 Å². The number of fused-ring (bicyclic) bond motifs is 1. The van der Waals surface area contributed by atoms with Gasteiger partial charge >= 0.3 is 11.8 Å². The van der Waals surface area contributed by atoms with Crippen molar-refractivity contribution in [3.63, 3.8) is 0 Å². The van der Waals surface area contributed by atoms with Crippen molar-refractivity contribution in [2.75, 3.05) is 0 Å². The summed E-state index contributed by atoms with van der Waals surface area (Å²) in [5, 5.41) is 5.35. The molecule has 2 aromatic carbocycles. The fourth-order valence-corrected chi connectivity index (χ4v) is 3.48. The quantitative estimate of drug-likeness (QED) is 0.557. The van der Waals surface area contributed by atoms with E-state index in [-0.39, 0.29) is 13.2 Å². The molecule has 2 aromatic heterocycles. The molecule has 142 valence electrons. The molecular weight excluding hydrogens is 378 g/mol. The topological polar surface area (TPSA) is 86.4 Å². The summed E-state index contributed by atoms with van der Waals surface area (Å²) in [6, 6.07) is 15.0. The van der Waals surface area contributed by atoms with Crippen LogP contribution in [-0.4, -0.2) is 15.6 Å². The molecule has 0 aliphatic rings. The van der Waals surface area contributed by atoms with Gasteiger partial charge in [0.05, 0.1) is 17.8 Å². The number of nitrogens with zero attached hydrogens (tertiary/aromatic N) is 2. The minimum atomic E-state index is -0.493. The maximum atomic E-state index is 11.8. The second-order valence-corrected chi connectivity index (χ2v) is 7.09. The molecule has 0 radical (unpaired) electrons. The zero-order valence-corrected chi connectivity index (χ0v) is 15.9. The highest BCUT2D eigenvalue weighted by atomic mass is 32.1. The van der Waals surface area contributed by atoms with Gasteiger partial charge < -0.3 is 14.5 Å². The molecule has 4 aromatic rings.